The summed E-state index contributed by atoms with van der Waals surface area (Å²) in [5, 5.41) is 0. The molecule has 1 atom stereocenters. The van der Waals surface area contributed by atoms with E-state index in [1.165, 1.54) is 5.56 Å². The minimum absolute atomic E-state index is 0.189. The summed E-state index contributed by atoms with van der Waals surface area (Å²) in [6.07, 6.45) is 4.18. The van der Waals surface area contributed by atoms with Gasteiger partial charge in [0.25, 0.3) is 0 Å². The first-order valence-corrected chi connectivity index (χ1v) is 9.10. The molecule has 0 bridgehead atoms. The van der Waals surface area contributed by atoms with Crippen LogP contribution in [0.4, 0.5) is 0 Å². The van der Waals surface area contributed by atoms with Crippen molar-refractivity contribution in [1.82, 2.24) is 9.55 Å². The second-order valence-corrected chi connectivity index (χ2v) is 6.52. The fraction of sp³-hybridized carbons (Fsp3) is 0.125. The van der Waals surface area contributed by atoms with Crippen LogP contribution >= 0.6 is 0 Å². The molecule has 4 aromatic rings. The number of nitrogens with zero attached hydrogens (tertiary/aromatic N) is 2. The maximum absolute atomic E-state index is 5.23. The van der Waals surface area contributed by atoms with Crippen LogP contribution in [0.1, 0.15) is 29.9 Å². The van der Waals surface area contributed by atoms with E-state index in [4.69, 9.17) is 9.72 Å². The Morgan fingerprint density at radius 2 is 1.56 bits per heavy atom. The highest BCUT2D eigenvalue weighted by Gasteiger charge is 2.15. The van der Waals surface area contributed by atoms with Crippen molar-refractivity contribution in [2.45, 2.75) is 13.0 Å². The molecule has 0 aliphatic heterocycles. The Morgan fingerprint density at radius 3 is 2.30 bits per heavy atom. The molecule has 3 nitrogen and oxygen atoms in total. The van der Waals surface area contributed by atoms with Crippen LogP contribution < -0.4 is 4.74 Å². The normalized spacial score (nSPS) is 12.5. The molecule has 0 amide bonds. The van der Waals surface area contributed by atoms with Gasteiger partial charge in [0.1, 0.15) is 11.6 Å². The van der Waals surface area contributed by atoms with Gasteiger partial charge in [-0.1, -0.05) is 60.7 Å². The first kappa shape index (κ1) is 17.1. The van der Waals surface area contributed by atoms with Crippen molar-refractivity contribution in [3.63, 3.8) is 0 Å². The number of hydrogen-bond donors (Lipinski definition) is 0. The number of rotatable bonds is 5. The zero-order valence-corrected chi connectivity index (χ0v) is 15.5. The second-order valence-electron chi connectivity index (χ2n) is 6.52. The number of benzene rings is 3. The lowest BCUT2D eigenvalue weighted by Gasteiger charge is -2.17. The number of imidazole rings is 1. The predicted octanol–water partition coefficient (Wildman–Crippen LogP) is 5.82. The van der Waals surface area contributed by atoms with E-state index in [1.807, 2.05) is 36.4 Å². The number of fused-ring (bicyclic) bond motifs is 1. The zero-order chi connectivity index (χ0) is 18.6. The summed E-state index contributed by atoms with van der Waals surface area (Å²) < 4.78 is 7.53. The molecule has 0 N–H and O–H groups in total. The SMILES string of the molecule is COc1ccc(/C=C/c2nc3ccccc3n2C(C)c2ccccc2)cc1. The van der Waals surface area contributed by atoms with Gasteiger partial charge in [-0.05, 0) is 48.4 Å². The Balaban J connectivity index is 1.76. The molecule has 0 saturated heterocycles. The average molecular weight is 354 g/mol. The third-order valence-electron chi connectivity index (χ3n) is 4.83. The molecule has 4 rings (SSSR count). The van der Waals surface area contributed by atoms with Gasteiger partial charge in [-0.2, -0.15) is 0 Å². The molecule has 0 spiro atoms. The molecule has 0 aliphatic rings. The van der Waals surface area contributed by atoms with Crippen LogP contribution in [0.3, 0.4) is 0 Å². The molecular weight excluding hydrogens is 332 g/mol. The second kappa shape index (κ2) is 7.50. The van der Waals surface area contributed by atoms with Gasteiger partial charge in [0.2, 0.25) is 0 Å². The van der Waals surface area contributed by atoms with Crippen molar-refractivity contribution in [1.29, 1.82) is 0 Å². The number of methoxy groups -OCH3 is 1. The third kappa shape index (κ3) is 3.49. The quantitative estimate of drug-likeness (QED) is 0.451. The summed E-state index contributed by atoms with van der Waals surface area (Å²) >= 11 is 0. The summed E-state index contributed by atoms with van der Waals surface area (Å²) in [5.74, 6) is 1.81. The van der Waals surface area contributed by atoms with Crippen LogP contribution in [-0.2, 0) is 0 Å². The van der Waals surface area contributed by atoms with Crippen molar-refractivity contribution >= 4 is 23.2 Å². The predicted molar refractivity (Wildman–Crippen MR) is 112 cm³/mol. The van der Waals surface area contributed by atoms with Gasteiger partial charge in [-0.25, -0.2) is 4.98 Å². The average Bonchev–Trinajstić information content (AvgIpc) is 3.11. The topological polar surface area (TPSA) is 27.1 Å². The summed E-state index contributed by atoms with van der Waals surface area (Å²) in [5.41, 5.74) is 4.53. The summed E-state index contributed by atoms with van der Waals surface area (Å²) in [6, 6.07) is 27.0. The minimum Gasteiger partial charge on any atom is -0.497 e. The van der Waals surface area contributed by atoms with Crippen LogP contribution in [-0.4, -0.2) is 16.7 Å². The van der Waals surface area contributed by atoms with Crippen molar-refractivity contribution in [2.24, 2.45) is 0 Å². The van der Waals surface area contributed by atoms with Gasteiger partial charge in [-0.15, -0.1) is 0 Å². The Labute approximate surface area is 159 Å². The lowest BCUT2D eigenvalue weighted by Crippen LogP contribution is -2.08. The number of aromatic nitrogens is 2. The van der Waals surface area contributed by atoms with Crippen LogP contribution in [0.2, 0.25) is 0 Å². The van der Waals surface area contributed by atoms with Gasteiger partial charge in [0.15, 0.2) is 0 Å². The monoisotopic (exact) mass is 354 g/mol. The first-order chi connectivity index (χ1) is 13.3. The standard InChI is InChI=1S/C24H22N2O/c1-18(20-8-4-3-5-9-20)26-23-11-7-6-10-22(23)25-24(26)17-14-19-12-15-21(27-2)16-13-19/h3-18H,1-2H3/b17-14+. The van der Waals surface area contributed by atoms with E-state index in [1.54, 1.807) is 7.11 Å². The molecule has 0 radical (unpaired) electrons. The number of hydrogen-bond acceptors (Lipinski definition) is 2. The van der Waals surface area contributed by atoms with E-state index in [9.17, 15) is 0 Å². The first-order valence-electron chi connectivity index (χ1n) is 9.10. The van der Waals surface area contributed by atoms with Crippen molar-refractivity contribution in [3.05, 3.63) is 95.8 Å². The maximum Gasteiger partial charge on any atom is 0.134 e. The molecule has 0 fully saturated rings. The fourth-order valence-electron chi connectivity index (χ4n) is 3.35. The Bertz CT molecular complexity index is 1060. The van der Waals surface area contributed by atoms with E-state index in [2.05, 4.69) is 66.1 Å². The molecule has 0 aliphatic carbocycles. The highest BCUT2D eigenvalue weighted by molar-refractivity contribution is 5.80. The van der Waals surface area contributed by atoms with Crippen molar-refractivity contribution in [2.75, 3.05) is 7.11 Å². The van der Waals surface area contributed by atoms with E-state index in [0.717, 1.165) is 28.2 Å². The van der Waals surface area contributed by atoms with Gasteiger partial charge in [0, 0.05) is 0 Å². The van der Waals surface area contributed by atoms with Crippen LogP contribution in [0.25, 0.3) is 23.2 Å². The van der Waals surface area contributed by atoms with Crippen LogP contribution in [0.5, 0.6) is 5.75 Å². The smallest absolute Gasteiger partial charge is 0.134 e. The van der Waals surface area contributed by atoms with E-state index in [0.29, 0.717) is 0 Å². The molecule has 0 saturated carbocycles. The Morgan fingerprint density at radius 1 is 0.852 bits per heavy atom. The molecule has 134 valence electrons. The Hall–Kier alpha value is -3.33. The third-order valence-corrected chi connectivity index (χ3v) is 4.83. The number of para-hydroxylation sites is 2. The fourth-order valence-corrected chi connectivity index (χ4v) is 3.35. The maximum atomic E-state index is 5.23. The van der Waals surface area contributed by atoms with Crippen molar-refractivity contribution in [3.8, 4) is 5.75 Å². The largest absolute Gasteiger partial charge is 0.497 e. The van der Waals surface area contributed by atoms with Gasteiger partial charge in [0.05, 0.1) is 24.2 Å². The zero-order valence-electron chi connectivity index (χ0n) is 15.5. The molecular formula is C24H22N2O. The summed E-state index contributed by atoms with van der Waals surface area (Å²) in [7, 11) is 1.68. The molecule has 1 heterocycles. The van der Waals surface area contributed by atoms with Crippen LogP contribution in [0.15, 0.2) is 78.9 Å². The van der Waals surface area contributed by atoms with Gasteiger partial charge < -0.3 is 9.30 Å². The van der Waals surface area contributed by atoms with Crippen LogP contribution in [0, 0.1) is 0 Å². The highest BCUT2D eigenvalue weighted by Crippen LogP contribution is 2.27. The molecule has 1 aromatic heterocycles. The summed E-state index contributed by atoms with van der Waals surface area (Å²) in [6.45, 7) is 2.22. The van der Waals surface area contributed by atoms with E-state index >= 15 is 0 Å². The minimum atomic E-state index is 0.189. The van der Waals surface area contributed by atoms with Gasteiger partial charge in [-0.3, -0.25) is 0 Å². The highest BCUT2D eigenvalue weighted by atomic mass is 16.5. The van der Waals surface area contributed by atoms with Gasteiger partial charge >= 0.3 is 0 Å². The Kier molecular flexibility index (Phi) is 4.75. The lowest BCUT2D eigenvalue weighted by molar-refractivity contribution is 0.415. The summed E-state index contributed by atoms with van der Waals surface area (Å²) in [4.78, 5) is 4.86. The van der Waals surface area contributed by atoms with E-state index in [-0.39, 0.29) is 6.04 Å². The molecule has 3 heteroatoms. The van der Waals surface area contributed by atoms with Crippen molar-refractivity contribution < 1.29 is 4.74 Å². The number of ether oxygens (including phenoxy) is 1. The lowest BCUT2D eigenvalue weighted by atomic mass is 10.1. The molecule has 1 unspecified atom stereocenters. The molecule has 27 heavy (non-hydrogen) atoms. The van der Waals surface area contributed by atoms with E-state index < -0.39 is 0 Å². The molecule has 3 aromatic carbocycles.